The summed E-state index contributed by atoms with van der Waals surface area (Å²) in [7, 11) is 0. The Bertz CT molecular complexity index is 197. The summed E-state index contributed by atoms with van der Waals surface area (Å²) >= 11 is 0. The fourth-order valence-corrected chi connectivity index (χ4v) is 1.68. The average molecular weight is 245 g/mol. The summed E-state index contributed by atoms with van der Waals surface area (Å²) < 4.78 is 4.99. The van der Waals surface area contributed by atoms with Crippen molar-refractivity contribution in [2.75, 3.05) is 6.61 Å². The third kappa shape index (κ3) is 7.21. The van der Waals surface area contributed by atoms with E-state index in [2.05, 4.69) is 13.8 Å². The Labute approximate surface area is 105 Å². The van der Waals surface area contributed by atoms with Crippen molar-refractivity contribution in [2.45, 2.75) is 71.8 Å². The van der Waals surface area contributed by atoms with Gasteiger partial charge in [0.05, 0.1) is 12.6 Å². The number of amides is 1. The van der Waals surface area contributed by atoms with E-state index >= 15 is 0 Å². The number of carbonyl (C=O) groups is 1. The Morgan fingerprint density at radius 1 is 1.12 bits per heavy atom. The standard InChI is InChI=1S/C13H27NO3/c1-4-7-10-12(9-6-3)14(16)13(15)17-11-8-5-2/h12,16H,4-11H2,1-3H3. The summed E-state index contributed by atoms with van der Waals surface area (Å²) in [5.41, 5.74) is 0. The molecule has 1 N–H and O–H groups in total. The Hall–Kier alpha value is -0.770. The summed E-state index contributed by atoms with van der Waals surface area (Å²) in [5, 5.41) is 10.6. The zero-order valence-corrected chi connectivity index (χ0v) is 11.4. The van der Waals surface area contributed by atoms with Crippen LogP contribution in [0.4, 0.5) is 4.79 Å². The maximum atomic E-state index is 11.6. The van der Waals surface area contributed by atoms with Crippen molar-refractivity contribution in [1.29, 1.82) is 0 Å². The fourth-order valence-electron chi connectivity index (χ4n) is 1.68. The third-order valence-electron chi connectivity index (χ3n) is 2.77. The van der Waals surface area contributed by atoms with Gasteiger partial charge in [0.15, 0.2) is 0 Å². The van der Waals surface area contributed by atoms with Crippen molar-refractivity contribution in [3.8, 4) is 0 Å². The molecule has 0 aromatic heterocycles. The molecular formula is C13H27NO3. The summed E-state index contributed by atoms with van der Waals surface area (Å²) in [4.78, 5) is 11.6. The van der Waals surface area contributed by atoms with Gasteiger partial charge in [-0.05, 0) is 19.3 Å². The van der Waals surface area contributed by atoms with E-state index in [9.17, 15) is 10.0 Å². The van der Waals surface area contributed by atoms with Crippen molar-refractivity contribution >= 4 is 6.09 Å². The first-order chi connectivity index (χ1) is 8.17. The monoisotopic (exact) mass is 245 g/mol. The smallest absolute Gasteiger partial charge is 0.433 e. The summed E-state index contributed by atoms with van der Waals surface area (Å²) in [6.07, 6.45) is 5.91. The Morgan fingerprint density at radius 3 is 2.29 bits per heavy atom. The molecular weight excluding hydrogens is 218 g/mol. The number of unbranched alkanes of at least 4 members (excludes halogenated alkanes) is 2. The molecule has 0 saturated carbocycles. The maximum absolute atomic E-state index is 11.6. The Balaban J connectivity index is 4.08. The molecule has 102 valence electrons. The molecule has 0 radical (unpaired) electrons. The number of hydrogen-bond donors (Lipinski definition) is 1. The van der Waals surface area contributed by atoms with E-state index in [1.807, 2.05) is 6.92 Å². The summed E-state index contributed by atoms with van der Waals surface area (Å²) in [5.74, 6) is 0. The van der Waals surface area contributed by atoms with Crippen LogP contribution >= 0.6 is 0 Å². The molecule has 4 heteroatoms. The molecule has 4 nitrogen and oxygen atoms in total. The van der Waals surface area contributed by atoms with Gasteiger partial charge in [-0.15, -0.1) is 0 Å². The summed E-state index contributed by atoms with van der Waals surface area (Å²) in [6.45, 7) is 6.57. The minimum absolute atomic E-state index is 0.103. The van der Waals surface area contributed by atoms with Crippen molar-refractivity contribution < 1.29 is 14.7 Å². The zero-order chi connectivity index (χ0) is 13.1. The SMILES string of the molecule is CCCCOC(=O)N(O)C(CCC)CCCC. The molecule has 0 bridgehead atoms. The molecule has 0 spiro atoms. The van der Waals surface area contributed by atoms with E-state index in [-0.39, 0.29) is 6.04 Å². The number of carbonyl (C=O) groups excluding carboxylic acids is 1. The molecule has 0 fully saturated rings. The van der Waals surface area contributed by atoms with Crippen LogP contribution in [-0.2, 0) is 4.74 Å². The quantitative estimate of drug-likeness (QED) is 0.380. The van der Waals surface area contributed by atoms with Gasteiger partial charge in [0.1, 0.15) is 0 Å². The minimum Gasteiger partial charge on any atom is -0.448 e. The molecule has 0 rings (SSSR count). The highest BCUT2D eigenvalue weighted by atomic mass is 16.6. The van der Waals surface area contributed by atoms with Crippen LogP contribution in [0.25, 0.3) is 0 Å². The lowest BCUT2D eigenvalue weighted by Gasteiger charge is -2.25. The van der Waals surface area contributed by atoms with Crippen molar-refractivity contribution in [3.63, 3.8) is 0 Å². The van der Waals surface area contributed by atoms with E-state index in [0.29, 0.717) is 6.61 Å². The zero-order valence-electron chi connectivity index (χ0n) is 11.4. The molecule has 0 aromatic carbocycles. The first-order valence-electron chi connectivity index (χ1n) is 6.82. The van der Waals surface area contributed by atoms with Crippen molar-refractivity contribution in [2.24, 2.45) is 0 Å². The molecule has 0 aromatic rings. The molecule has 17 heavy (non-hydrogen) atoms. The number of hydrogen-bond acceptors (Lipinski definition) is 3. The van der Waals surface area contributed by atoms with Crippen LogP contribution < -0.4 is 0 Å². The Morgan fingerprint density at radius 2 is 1.76 bits per heavy atom. The van der Waals surface area contributed by atoms with E-state index in [1.54, 1.807) is 0 Å². The molecule has 0 aliphatic carbocycles. The highest BCUT2D eigenvalue weighted by molar-refractivity contribution is 5.66. The largest absolute Gasteiger partial charge is 0.448 e. The van der Waals surface area contributed by atoms with Gasteiger partial charge in [0, 0.05) is 0 Å². The van der Waals surface area contributed by atoms with Crippen LogP contribution in [0.15, 0.2) is 0 Å². The molecule has 0 aliphatic rings. The van der Waals surface area contributed by atoms with Gasteiger partial charge < -0.3 is 4.74 Å². The third-order valence-corrected chi connectivity index (χ3v) is 2.77. The molecule has 1 atom stereocenters. The second kappa shape index (κ2) is 10.4. The highest BCUT2D eigenvalue weighted by Crippen LogP contribution is 2.14. The summed E-state index contributed by atoms with van der Waals surface area (Å²) in [6, 6.07) is -0.103. The lowest BCUT2D eigenvalue weighted by molar-refractivity contribution is -0.109. The van der Waals surface area contributed by atoms with Crippen LogP contribution in [0.5, 0.6) is 0 Å². The number of rotatable bonds is 9. The molecule has 0 aliphatic heterocycles. The van der Waals surface area contributed by atoms with Gasteiger partial charge in [-0.25, -0.2) is 4.79 Å². The lowest BCUT2D eigenvalue weighted by Crippen LogP contribution is -2.38. The topological polar surface area (TPSA) is 49.8 Å². The normalized spacial score (nSPS) is 12.2. The van der Waals surface area contributed by atoms with E-state index in [4.69, 9.17) is 4.74 Å². The first kappa shape index (κ1) is 16.2. The molecule has 0 saturated heterocycles. The number of ether oxygens (including phenoxy) is 1. The Kier molecular flexibility index (Phi) is 9.92. The predicted molar refractivity (Wildman–Crippen MR) is 68.1 cm³/mol. The van der Waals surface area contributed by atoms with Crippen LogP contribution in [0, 0.1) is 0 Å². The number of nitrogens with zero attached hydrogens (tertiary/aromatic N) is 1. The van der Waals surface area contributed by atoms with E-state index < -0.39 is 6.09 Å². The van der Waals surface area contributed by atoms with Crippen LogP contribution in [0.2, 0.25) is 0 Å². The predicted octanol–water partition coefficient (Wildman–Crippen LogP) is 3.97. The highest BCUT2D eigenvalue weighted by Gasteiger charge is 2.22. The average Bonchev–Trinajstić information content (AvgIpc) is 2.33. The van der Waals surface area contributed by atoms with Gasteiger partial charge in [-0.3, -0.25) is 5.21 Å². The molecule has 0 heterocycles. The van der Waals surface area contributed by atoms with Crippen LogP contribution in [0.3, 0.4) is 0 Å². The number of hydroxylamine groups is 2. The van der Waals surface area contributed by atoms with Gasteiger partial charge in [-0.1, -0.05) is 46.5 Å². The van der Waals surface area contributed by atoms with E-state index in [1.165, 1.54) is 0 Å². The molecule has 1 amide bonds. The van der Waals surface area contributed by atoms with Gasteiger partial charge in [0.2, 0.25) is 0 Å². The van der Waals surface area contributed by atoms with Gasteiger partial charge >= 0.3 is 6.09 Å². The molecule has 1 unspecified atom stereocenters. The van der Waals surface area contributed by atoms with Crippen LogP contribution in [0.1, 0.15) is 65.7 Å². The second-order valence-corrected chi connectivity index (χ2v) is 4.40. The van der Waals surface area contributed by atoms with E-state index in [0.717, 1.165) is 50.0 Å². The maximum Gasteiger partial charge on any atom is 0.433 e. The van der Waals surface area contributed by atoms with Crippen molar-refractivity contribution in [1.82, 2.24) is 5.06 Å². The fraction of sp³-hybridized carbons (Fsp3) is 0.923. The minimum atomic E-state index is -0.604. The lowest BCUT2D eigenvalue weighted by atomic mass is 10.1. The van der Waals surface area contributed by atoms with Gasteiger partial charge in [-0.2, -0.15) is 5.06 Å². The first-order valence-corrected chi connectivity index (χ1v) is 6.82. The second-order valence-electron chi connectivity index (χ2n) is 4.40. The van der Waals surface area contributed by atoms with Gasteiger partial charge in [0.25, 0.3) is 0 Å². The van der Waals surface area contributed by atoms with Crippen molar-refractivity contribution in [3.05, 3.63) is 0 Å². The van der Waals surface area contributed by atoms with Crippen LogP contribution in [-0.4, -0.2) is 29.0 Å².